The maximum absolute atomic E-state index is 11.8. The zero-order valence-corrected chi connectivity index (χ0v) is 13.2. The minimum Gasteiger partial charge on any atom is -0.352 e. The largest absolute Gasteiger partial charge is 0.352 e. The number of aromatic nitrogens is 2. The lowest BCUT2D eigenvalue weighted by molar-refractivity contribution is -0.0341. The van der Waals surface area contributed by atoms with Gasteiger partial charge in [0, 0.05) is 18.2 Å². The molecular weight excluding hydrogens is 311 g/mol. The zero-order valence-electron chi connectivity index (χ0n) is 12.3. The van der Waals surface area contributed by atoms with E-state index < -0.39 is 26.1 Å². The van der Waals surface area contributed by atoms with Crippen molar-refractivity contribution in [2.24, 2.45) is 5.92 Å². The van der Waals surface area contributed by atoms with E-state index >= 15 is 0 Å². The van der Waals surface area contributed by atoms with Crippen molar-refractivity contribution in [3.8, 4) is 0 Å². The van der Waals surface area contributed by atoms with Gasteiger partial charge >= 0.3 is 14.3 Å². The molecule has 0 aromatic carbocycles. The van der Waals surface area contributed by atoms with Crippen LogP contribution < -0.4 is 11.2 Å². The Balaban J connectivity index is 1.59. The molecule has 0 aliphatic carbocycles. The lowest BCUT2D eigenvalue weighted by atomic mass is 10.1. The molecule has 9 heteroatoms. The Morgan fingerprint density at radius 1 is 1.41 bits per heavy atom. The van der Waals surface area contributed by atoms with Crippen LogP contribution in [0.4, 0.5) is 0 Å². The first-order valence-electron chi connectivity index (χ1n) is 7.29. The maximum atomic E-state index is 11.8. The van der Waals surface area contributed by atoms with Crippen LogP contribution in [0.15, 0.2) is 21.9 Å². The van der Waals surface area contributed by atoms with E-state index in [1.807, 2.05) is 6.92 Å². The summed E-state index contributed by atoms with van der Waals surface area (Å²) in [5.74, 6) is 0.137. The van der Waals surface area contributed by atoms with Crippen LogP contribution in [0.5, 0.6) is 0 Å². The van der Waals surface area contributed by atoms with E-state index in [0.29, 0.717) is 19.8 Å². The lowest BCUT2D eigenvalue weighted by Crippen LogP contribution is -2.33. The molecule has 3 rings (SSSR count). The van der Waals surface area contributed by atoms with Crippen LogP contribution in [-0.4, -0.2) is 35.5 Å². The highest BCUT2D eigenvalue weighted by Crippen LogP contribution is 2.43. The van der Waals surface area contributed by atoms with Crippen molar-refractivity contribution in [3.63, 3.8) is 0 Å². The summed E-state index contributed by atoms with van der Waals surface area (Å²) < 4.78 is 23.6. The summed E-state index contributed by atoms with van der Waals surface area (Å²) in [4.78, 5) is 25.2. The molecule has 0 spiro atoms. The van der Waals surface area contributed by atoms with Gasteiger partial charge in [-0.2, -0.15) is 0 Å². The molecule has 1 aromatic rings. The fraction of sp³-hybridized carbons (Fsp3) is 0.692. The summed E-state index contributed by atoms with van der Waals surface area (Å²) in [6, 6.07) is 1.31. The first-order chi connectivity index (χ1) is 10.6. The highest BCUT2D eigenvalue weighted by molar-refractivity contribution is 7.41. The number of hydrogen-bond donors (Lipinski definition) is 1. The molecule has 2 aliphatic heterocycles. The molecule has 122 valence electrons. The molecule has 3 atom stereocenters. The number of ether oxygens (including phenoxy) is 1. The van der Waals surface area contributed by atoms with E-state index in [2.05, 4.69) is 4.98 Å². The minimum absolute atomic E-state index is 0.129. The van der Waals surface area contributed by atoms with E-state index in [-0.39, 0.29) is 12.0 Å². The fourth-order valence-corrected chi connectivity index (χ4v) is 3.65. The first-order valence-corrected chi connectivity index (χ1v) is 8.39. The van der Waals surface area contributed by atoms with Crippen molar-refractivity contribution in [1.82, 2.24) is 9.55 Å². The zero-order chi connectivity index (χ0) is 15.5. The number of aromatic amines is 1. The fourth-order valence-electron chi connectivity index (χ4n) is 2.59. The molecule has 3 heterocycles. The normalized spacial score (nSPS) is 29.8. The van der Waals surface area contributed by atoms with Crippen LogP contribution in [0, 0.1) is 5.92 Å². The van der Waals surface area contributed by atoms with Crippen LogP contribution in [0.3, 0.4) is 0 Å². The molecule has 22 heavy (non-hydrogen) atoms. The number of rotatable bonds is 4. The van der Waals surface area contributed by atoms with Crippen molar-refractivity contribution in [1.29, 1.82) is 0 Å². The van der Waals surface area contributed by atoms with Crippen molar-refractivity contribution in [2.75, 3.05) is 19.8 Å². The van der Waals surface area contributed by atoms with Crippen LogP contribution in [0.25, 0.3) is 0 Å². The molecule has 1 aromatic heterocycles. The Morgan fingerprint density at radius 3 is 2.91 bits per heavy atom. The molecule has 0 amide bonds. The number of H-pyrrole nitrogens is 1. The second-order valence-corrected chi connectivity index (χ2v) is 6.64. The number of nitrogens with one attached hydrogen (secondary N) is 1. The van der Waals surface area contributed by atoms with E-state index in [1.165, 1.54) is 16.8 Å². The molecule has 2 aliphatic rings. The molecular formula is C13H19N2O6P. The monoisotopic (exact) mass is 330 g/mol. The Hall–Kier alpha value is -1.05. The van der Waals surface area contributed by atoms with Gasteiger partial charge in [-0.15, -0.1) is 0 Å². The average molecular weight is 330 g/mol. The van der Waals surface area contributed by atoms with Gasteiger partial charge in [-0.3, -0.25) is 14.3 Å². The molecule has 1 N–H and O–H groups in total. The summed E-state index contributed by atoms with van der Waals surface area (Å²) in [6.45, 7) is 3.68. The van der Waals surface area contributed by atoms with Crippen molar-refractivity contribution >= 4 is 8.60 Å². The summed E-state index contributed by atoms with van der Waals surface area (Å²) >= 11 is 0. The second kappa shape index (κ2) is 7.02. The Labute approximate surface area is 128 Å². The highest BCUT2D eigenvalue weighted by Gasteiger charge is 2.35. The summed E-state index contributed by atoms with van der Waals surface area (Å²) in [6.07, 6.45) is 2.58. The Bertz CT molecular complexity index is 611. The Kier molecular flexibility index (Phi) is 5.05. The van der Waals surface area contributed by atoms with E-state index in [9.17, 15) is 9.59 Å². The van der Waals surface area contributed by atoms with Crippen LogP contribution in [0.2, 0.25) is 0 Å². The maximum Gasteiger partial charge on any atom is 0.332 e. The number of nitrogens with zero attached hydrogens (tertiary/aromatic N) is 1. The topological polar surface area (TPSA) is 91.8 Å². The molecule has 0 bridgehead atoms. The molecule has 8 nitrogen and oxygen atoms in total. The Morgan fingerprint density at radius 2 is 2.18 bits per heavy atom. The average Bonchev–Trinajstić information content (AvgIpc) is 2.87. The summed E-state index contributed by atoms with van der Waals surface area (Å²) in [7, 11) is -1.28. The summed E-state index contributed by atoms with van der Waals surface area (Å²) in [5, 5.41) is 0. The van der Waals surface area contributed by atoms with Crippen LogP contribution in [0.1, 0.15) is 26.0 Å². The minimum atomic E-state index is -1.28. The smallest absolute Gasteiger partial charge is 0.332 e. The van der Waals surface area contributed by atoms with E-state index in [1.54, 1.807) is 0 Å². The van der Waals surface area contributed by atoms with Crippen LogP contribution in [-0.2, 0) is 18.3 Å². The third-order valence-corrected chi connectivity index (χ3v) is 4.77. The van der Waals surface area contributed by atoms with Gasteiger partial charge in [0.15, 0.2) is 0 Å². The molecule has 2 fully saturated rings. The number of hydrogen-bond acceptors (Lipinski definition) is 6. The van der Waals surface area contributed by atoms with Gasteiger partial charge < -0.3 is 18.3 Å². The van der Waals surface area contributed by atoms with E-state index in [4.69, 9.17) is 18.3 Å². The SMILES string of the molecule is CC1CC(COP2OCCCO2)OC1n1ccc(=O)[nH]c1=O. The van der Waals surface area contributed by atoms with Gasteiger partial charge in [0.1, 0.15) is 6.23 Å². The van der Waals surface area contributed by atoms with Crippen molar-refractivity contribution in [2.45, 2.75) is 32.1 Å². The summed E-state index contributed by atoms with van der Waals surface area (Å²) in [5.41, 5.74) is -0.879. The predicted molar refractivity (Wildman–Crippen MR) is 78.4 cm³/mol. The standard InChI is InChI=1S/C13H19N2O6P/c1-9-7-10(8-20-22-18-5-2-6-19-22)21-12(9)15-4-3-11(16)14-13(15)17/h3-4,9-10,12H,2,5-8H2,1H3,(H,14,16,17). The van der Waals surface area contributed by atoms with Gasteiger partial charge in [0.05, 0.1) is 25.9 Å². The van der Waals surface area contributed by atoms with E-state index in [0.717, 1.165) is 12.8 Å². The molecule has 0 saturated carbocycles. The van der Waals surface area contributed by atoms with Gasteiger partial charge in [-0.25, -0.2) is 4.79 Å². The van der Waals surface area contributed by atoms with Crippen molar-refractivity contribution in [3.05, 3.63) is 33.1 Å². The third kappa shape index (κ3) is 3.64. The quantitative estimate of drug-likeness (QED) is 0.833. The predicted octanol–water partition coefficient (Wildman–Crippen LogP) is 1.14. The second-order valence-electron chi connectivity index (χ2n) is 5.42. The molecule has 0 radical (unpaired) electrons. The third-order valence-electron chi connectivity index (χ3n) is 3.63. The lowest BCUT2D eigenvalue weighted by Gasteiger charge is -2.22. The van der Waals surface area contributed by atoms with Gasteiger partial charge in [-0.05, 0) is 12.8 Å². The first kappa shape index (κ1) is 15.8. The van der Waals surface area contributed by atoms with Crippen molar-refractivity contribution < 1.29 is 18.3 Å². The van der Waals surface area contributed by atoms with Gasteiger partial charge in [0.2, 0.25) is 0 Å². The van der Waals surface area contributed by atoms with Gasteiger partial charge in [0.25, 0.3) is 5.56 Å². The molecule has 3 unspecified atom stereocenters. The van der Waals surface area contributed by atoms with Gasteiger partial charge in [-0.1, -0.05) is 6.92 Å². The molecule has 2 saturated heterocycles. The van der Waals surface area contributed by atoms with Crippen LogP contribution >= 0.6 is 8.60 Å². The highest BCUT2D eigenvalue weighted by atomic mass is 31.2.